The summed E-state index contributed by atoms with van der Waals surface area (Å²) >= 11 is 2.17. The van der Waals surface area contributed by atoms with Crippen molar-refractivity contribution in [1.82, 2.24) is 0 Å². The molecule has 0 heterocycles. The summed E-state index contributed by atoms with van der Waals surface area (Å²) in [4.78, 5) is 21.0. The van der Waals surface area contributed by atoms with E-state index in [1.54, 1.807) is 6.07 Å². The maximum absolute atomic E-state index is 11.3. The Morgan fingerprint density at radius 2 is 2.20 bits per heavy atom. The van der Waals surface area contributed by atoms with Crippen LogP contribution in [0.15, 0.2) is 24.3 Å². The largest absolute Gasteiger partial charge is 0.358 e. The molecule has 2 rings (SSSR count). The van der Waals surface area contributed by atoms with E-state index in [1.165, 1.54) is 0 Å². The third-order valence-electron chi connectivity index (χ3n) is 2.45. The normalized spacial score (nSPS) is 15.5. The van der Waals surface area contributed by atoms with E-state index in [9.17, 15) is 4.79 Å². The lowest BCUT2D eigenvalue weighted by atomic mass is 9.86. The van der Waals surface area contributed by atoms with Crippen LogP contribution >= 0.6 is 22.6 Å². The van der Waals surface area contributed by atoms with E-state index in [-0.39, 0.29) is 11.9 Å². The number of hydrogen-bond donors (Lipinski definition) is 0. The third kappa shape index (κ3) is 2.84. The summed E-state index contributed by atoms with van der Waals surface area (Å²) in [6.07, 6.45) is 2.96. The second-order valence-corrected chi connectivity index (χ2v) is 4.82. The van der Waals surface area contributed by atoms with Crippen LogP contribution < -0.4 is 4.89 Å². The summed E-state index contributed by atoms with van der Waals surface area (Å²) in [5, 5.41) is 0. The fraction of sp³-hybridized carbons (Fsp3) is 0.364. The summed E-state index contributed by atoms with van der Waals surface area (Å²) in [7, 11) is 0. The Bertz CT molecular complexity index is 361. The van der Waals surface area contributed by atoms with Crippen LogP contribution in [0.4, 0.5) is 0 Å². The molecule has 15 heavy (non-hydrogen) atoms. The van der Waals surface area contributed by atoms with Crippen LogP contribution in [-0.2, 0) is 9.68 Å². The molecule has 0 aromatic heterocycles. The van der Waals surface area contributed by atoms with Crippen LogP contribution in [0.25, 0.3) is 0 Å². The molecule has 80 valence electrons. The Labute approximate surface area is 102 Å². The van der Waals surface area contributed by atoms with Gasteiger partial charge in [0.1, 0.15) is 0 Å². The van der Waals surface area contributed by atoms with E-state index in [1.807, 2.05) is 18.2 Å². The standard InChI is InChI=1S/C11H11IO3/c12-9-5-2-6-10(7-9)14-15-11(13)8-3-1-4-8/h2,5-8H,1,3-4H2. The Kier molecular flexibility index (Phi) is 3.45. The van der Waals surface area contributed by atoms with Crippen molar-refractivity contribution in [2.24, 2.45) is 5.92 Å². The summed E-state index contributed by atoms with van der Waals surface area (Å²) in [6, 6.07) is 7.38. The SMILES string of the molecule is O=C(OOc1cccc(I)c1)C1CCC1. The fourth-order valence-electron chi connectivity index (χ4n) is 1.32. The average molecular weight is 318 g/mol. The molecule has 1 aromatic carbocycles. The molecule has 0 aliphatic heterocycles. The first-order chi connectivity index (χ1) is 7.25. The van der Waals surface area contributed by atoms with Crippen molar-refractivity contribution in [1.29, 1.82) is 0 Å². The molecule has 0 amide bonds. The van der Waals surface area contributed by atoms with E-state index in [0.29, 0.717) is 5.75 Å². The molecule has 1 aliphatic rings. The van der Waals surface area contributed by atoms with Crippen LogP contribution in [-0.4, -0.2) is 5.97 Å². The number of benzene rings is 1. The Morgan fingerprint density at radius 1 is 1.40 bits per heavy atom. The van der Waals surface area contributed by atoms with Gasteiger partial charge < -0.3 is 0 Å². The van der Waals surface area contributed by atoms with Gasteiger partial charge in [0, 0.05) is 3.57 Å². The van der Waals surface area contributed by atoms with Gasteiger partial charge in [-0.25, -0.2) is 4.79 Å². The van der Waals surface area contributed by atoms with Crippen molar-refractivity contribution in [2.45, 2.75) is 19.3 Å². The number of carbonyl (C=O) groups excluding carboxylic acids is 1. The highest BCUT2D eigenvalue weighted by atomic mass is 127. The summed E-state index contributed by atoms with van der Waals surface area (Å²) < 4.78 is 1.05. The lowest BCUT2D eigenvalue weighted by Crippen LogP contribution is -2.25. The zero-order valence-electron chi connectivity index (χ0n) is 8.11. The molecule has 0 radical (unpaired) electrons. The number of carbonyl (C=O) groups is 1. The zero-order valence-corrected chi connectivity index (χ0v) is 10.3. The molecule has 3 nitrogen and oxygen atoms in total. The van der Waals surface area contributed by atoms with Crippen molar-refractivity contribution >= 4 is 28.6 Å². The first-order valence-corrected chi connectivity index (χ1v) is 5.97. The van der Waals surface area contributed by atoms with E-state index in [2.05, 4.69) is 22.6 Å². The molecule has 1 fully saturated rings. The van der Waals surface area contributed by atoms with E-state index in [0.717, 1.165) is 22.8 Å². The molecule has 0 atom stereocenters. The van der Waals surface area contributed by atoms with Gasteiger partial charge in [-0.3, -0.25) is 9.78 Å². The van der Waals surface area contributed by atoms with Crippen molar-refractivity contribution in [3.05, 3.63) is 27.8 Å². The van der Waals surface area contributed by atoms with Crippen LogP contribution in [0.1, 0.15) is 19.3 Å². The Hall–Kier alpha value is -0.780. The lowest BCUT2D eigenvalue weighted by molar-refractivity contribution is -0.221. The Morgan fingerprint density at radius 3 is 2.80 bits per heavy atom. The highest BCUT2D eigenvalue weighted by molar-refractivity contribution is 14.1. The minimum Gasteiger partial charge on any atom is -0.287 e. The minimum absolute atomic E-state index is 0.0489. The first kappa shape index (κ1) is 10.7. The van der Waals surface area contributed by atoms with Gasteiger partial charge in [0.15, 0.2) is 5.75 Å². The topological polar surface area (TPSA) is 35.5 Å². The highest BCUT2D eigenvalue weighted by Gasteiger charge is 2.28. The molecule has 0 unspecified atom stereocenters. The zero-order chi connectivity index (χ0) is 10.7. The lowest BCUT2D eigenvalue weighted by Gasteiger charge is -2.21. The molecular weight excluding hydrogens is 307 g/mol. The molecule has 4 heteroatoms. The van der Waals surface area contributed by atoms with Gasteiger partial charge in [-0.15, -0.1) is 0 Å². The fourth-order valence-corrected chi connectivity index (χ4v) is 1.83. The van der Waals surface area contributed by atoms with E-state index >= 15 is 0 Å². The molecule has 1 saturated carbocycles. The van der Waals surface area contributed by atoms with Gasteiger partial charge in [-0.05, 0) is 53.6 Å². The van der Waals surface area contributed by atoms with Crippen LogP contribution in [0.5, 0.6) is 5.75 Å². The van der Waals surface area contributed by atoms with E-state index < -0.39 is 0 Å². The predicted molar refractivity (Wildman–Crippen MR) is 63.2 cm³/mol. The molecule has 1 aromatic rings. The van der Waals surface area contributed by atoms with Crippen LogP contribution in [0, 0.1) is 9.49 Å². The molecule has 0 spiro atoms. The number of halogens is 1. The van der Waals surface area contributed by atoms with Gasteiger partial charge in [-0.1, -0.05) is 12.5 Å². The monoisotopic (exact) mass is 318 g/mol. The quantitative estimate of drug-likeness (QED) is 0.488. The maximum atomic E-state index is 11.3. The summed E-state index contributed by atoms with van der Waals surface area (Å²) in [5.41, 5.74) is 0. The number of rotatable bonds is 3. The number of hydrogen-bond acceptors (Lipinski definition) is 3. The van der Waals surface area contributed by atoms with Gasteiger partial charge in [-0.2, -0.15) is 0 Å². The van der Waals surface area contributed by atoms with Gasteiger partial charge in [0.2, 0.25) is 0 Å². The van der Waals surface area contributed by atoms with Crippen LogP contribution in [0.2, 0.25) is 0 Å². The molecule has 1 aliphatic carbocycles. The minimum atomic E-state index is -0.250. The molecule has 0 bridgehead atoms. The van der Waals surface area contributed by atoms with Crippen molar-refractivity contribution in [3.8, 4) is 5.75 Å². The average Bonchev–Trinajstić information content (AvgIpc) is 2.12. The summed E-state index contributed by atoms with van der Waals surface area (Å²) in [5.74, 6) is 0.363. The van der Waals surface area contributed by atoms with Crippen LogP contribution in [0.3, 0.4) is 0 Å². The van der Waals surface area contributed by atoms with Gasteiger partial charge >= 0.3 is 5.97 Å². The predicted octanol–water partition coefficient (Wildman–Crippen LogP) is 2.93. The van der Waals surface area contributed by atoms with Crippen molar-refractivity contribution < 1.29 is 14.6 Å². The molecular formula is C11H11IO3. The smallest absolute Gasteiger partial charge is 0.287 e. The second kappa shape index (κ2) is 4.83. The van der Waals surface area contributed by atoms with Crippen molar-refractivity contribution in [3.63, 3.8) is 0 Å². The molecule has 0 N–H and O–H groups in total. The summed E-state index contributed by atoms with van der Waals surface area (Å²) in [6.45, 7) is 0. The molecule has 0 saturated heterocycles. The van der Waals surface area contributed by atoms with Crippen molar-refractivity contribution in [2.75, 3.05) is 0 Å². The Balaban J connectivity index is 1.84. The highest BCUT2D eigenvalue weighted by Crippen LogP contribution is 2.27. The van der Waals surface area contributed by atoms with E-state index in [4.69, 9.17) is 9.78 Å². The second-order valence-electron chi connectivity index (χ2n) is 3.57. The van der Waals surface area contributed by atoms with Gasteiger partial charge in [0.05, 0.1) is 5.92 Å². The van der Waals surface area contributed by atoms with Gasteiger partial charge in [0.25, 0.3) is 0 Å². The maximum Gasteiger partial charge on any atom is 0.358 e. The first-order valence-electron chi connectivity index (χ1n) is 4.89. The third-order valence-corrected chi connectivity index (χ3v) is 3.13.